The lowest BCUT2D eigenvalue weighted by Crippen LogP contribution is -2.12. The third-order valence-corrected chi connectivity index (χ3v) is 6.07. The number of pyridine rings is 3. The van der Waals surface area contributed by atoms with E-state index in [-0.39, 0.29) is 27.9 Å². The Morgan fingerprint density at radius 2 is 1.70 bits per heavy atom. The summed E-state index contributed by atoms with van der Waals surface area (Å²) in [5.41, 5.74) is 3.91. The number of nitrogens with zero attached hydrogens (tertiary/aromatic N) is 4. The van der Waals surface area contributed by atoms with Gasteiger partial charge in [0.05, 0.1) is 27.8 Å². The normalized spacial score (nSPS) is 12.5. The number of alkyl halides is 6. The third kappa shape index (κ3) is 4.14. The van der Waals surface area contributed by atoms with E-state index in [2.05, 4.69) is 19.9 Å². The molecule has 0 spiro atoms. The highest BCUT2D eigenvalue weighted by Crippen LogP contribution is 2.39. The van der Waals surface area contributed by atoms with E-state index in [1.165, 1.54) is 36.0 Å². The molecule has 0 aliphatic rings. The van der Waals surface area contributed by atoms with E-state index >= 15 is 0 Å². The smallest absolute Gasteiger partial charge is 0.383 e. The topological polar surface area (TPSA) is 102 Å². The molecule has 0 bridgehead atoms. The van der Waals surface area contributed by atoms with Crippen LogP contribution in [-0.2, 0) is 19.4 Å². The van der Waals surface area contributed by atoms with Crippen LogP contribution in [0.15, 0.2) is 47.4 Å². The quantitative estimate of drug-likeness (QED) is 0.218. The lowest BCUT2D eigenvalue weighted by molar-refractivity contribution is -0.141. The molecule has 0 atom stereocenters. The Bertz CT molecular complexity index is 1770. The van der Waals surface area contributed by atoms with Crippen LogP contribution in [0, 0.1) is 0 Å². The number of nitrogen functional groups attached to an aromatic ring is 1. The minimum atomic E-state index is -4.71. The number of aromatic amines is 1. The van der Waals surface area contributed by atoms with Crippen molar-refractivity contribution in [2.75, 3.05) is 5.73 Å². The molecule has 37 heavy (non-hydrogen) atoms. The average molecular weight is 539 g/mol. The van der Waals surface area contributed by atoms with Crippen molar-refractivity contribution in [3.05, 3.63) is 69.5 Å². The zero-order chi connectivity index (χ0) is 26.9. The van der Waals surface area contributed by atoms with E-state index in [0.717, 1.165) is 18.2 Å². The molecule has 1 aromatic carbocycles. The number of fused-ring (bicyclic) bond motifs is 3. The predicted molar refractivity (Wildman–Crippen MR) is 125 cm³/mol. The standard InChI is InChI=1S/C23H13ClF6N6O/c1-36-18-16(11-3-5-15(23(28,29)30)34-19(11)24)33-14-4-2-9(6-12(14)17(18)35-21(36)37)10-7-13(22(25,26)27)20(31)32-8-10/h2-8H,1H3,(H2,31,32)(H,35,37). The predicted octanol–water partition coefficient (Wildman–Crippen LogP) is 5.81. The van der Waals surface area contributed by atoms with Crippen molar-refractivity contribution in [3.8, 4) is 22.4 Å². The monoisotopic (exact) mass is 538 g/mol. The summed E-state index contributed by atoms with van der Waals surface area (Å²) in [6.45, 7) is 0. The van der Waals surface area contributed by atoms with Crippen LogP contribution in [0.3, 0.4) is 0 Å². The molecule has 0 unspecified atom stereocenters. The fraction of sp³-hybridized carbons (Fsp3) is 0.130. The second-order valence-electron chi connectivity index (χ2n) is 8.09. The first-order chi connectivity index (χ1) is 17.3. The molecule has 4 heterocycles. The molecule has 4 aromatic heterocycles. The molecule has 0 saturated carbocycles. The highest BCUT2D eigenvalue weighted by molar-refractivity contribution is 6.32. The summed E-state index contributed by atoms with van der Waals surface area (Å²) in [5, 5.41) is -0.101. The van der Waals surface area contributed by atoms with Crippen LogP contribution in [0.5, 0.6) is 0 Å². The Morgan fingerprint density at radius 1 is 0.973 bits per heavy atom. The number of hydrogen-bond donors (Lipinski definition) is 2. The van der Waals surface area contributed by atoms with Crippen LogP contribution in [0.1, 0.15) is 11.3 Å². The number of hydrogen-bond acceptors (Lipinski definition) is 5. The van der Waals surface area contributed by atoms with Crippen molar-refractivity contribution in [3.63, 3.8) is 0 Å². The largest absolute Gasteiger partial charge is 0.433 e. The highest BCUT2D eigenvalue weighted by atomic mass is 35.5. The van der Waals surface area contributed by atoms with Crippen LogP contribution in [0.25, 0.3) is 44.3 Å². The van der Waals surface area contributed by atoms with E-state index in [1.807, 2.05) is 0 Å². The van der Waals surface area contributed by atoms with Gasteiger partial charge in [0.15, 0.2) is 0 Å². The highest BCUT2D eigenvalue weighted by Gasteiger charge is 2.35. The van der Waals surface area contributed by atoms with E-state index in [9.17, 15) is 31.1 Å². The summed E-state index contributed by atoms with van der Waals surface area (Å²) in [6, 6.07) is 7.23. The minimum absolute atomic E-state index is 0.0535. The van der Waals surface area contributed by atoms with Gasteiger partial charge in [-0.2, -0.15) is 26.3 Å². The Morgan fingerprint density at radius 3 is 2.35 bits per heavy atom. The van der Waals surface area contributed by atoms with E-state index in [0.29, 0.717) is 16.5 Å². The average Bonchev–Trinajstić information content (AvgIpc) is 3.12. The maximum absolute atomic E-state index is 13.3. The Labute approximate surface area is 207 Å². The summed E-state index contributed by atoms with van der Waals surface area (Å²) in [5.74, 6) is -0.667. The zero-order valence-corrected chi connectivity index (χ0v) is 19.2. The van der Waals surface area contributed by atoms with Gasteiger partial charge in [-0.3, -0.25) is 4.57 Å². The number of aromatic nitrogens is 5. The Balaban J connectivity index is 1.75. The number of aryl methyl sites for hydroxylation is 1. The van der Waals surface area contributed by atoms with Gasteiger partial charge < -0.3 is 10.7 Å². The van der Waals surface area contributed by atoms with Crippen molar-refractivity contribution in [2.24, 2.45) is 7.05 Å². The number of rotatable bonds is 2. The van der Waals surface area contributed by atoms with Gasteiger partial charge in [0.25, 0.3) is 0 Å². The molecule has 7 nitrogen and oxygen atoms in total. The van der Waals surface area contributed by atoms with Gasteiger partial charge in [-0.15, -0.1) is 0 Å². The van der Waals surface area contributed by atoms with Crippen molar-refractivity contribution in [1.29, 1.82) is 0 Å². The molecule has 0 radical (unpaired) electrons. The van der Waals surface area contributed by atoms with Gasteiger partial charge in [0, 0.05) is 29.8 Å². The number of nitrogens with two attached hydrogens (primary N) is 1. The zero-order valence-electron chi connectivity index (χ0n) is 18.5. The second-order valence-corrected chi connectivity index (χ2v) is 8.45. The fourth-order valence-electron chi connectivity index (χ4n) is 3.99. The van der Waals surface area contributed by atoms with Crippen LogP contribution < -0.4 is 11.4 Å². The minimum Gasteiger partial charge on any atom is -0.383 e. The molecule has 0 aliphatic heterocycles. The van der Waals surface area contributed by atoms with E-state index < -0.39 is 40.3 Å². The Kier molecular flexibility index (Phi) is 5.44. The molecular formula is C23H13ClF6N6O. The van der Waals surface area contributed by atoms with Crippen LogP contribution in [0.2, 0.25) is 5.15 Å². The van der Waals surface area contributed by atoms with Gasteiger partial charge in [-0.05, 0) is 35.9 Å². The molecule has 0 saturated heterocycles. The number of anilines is 1. The second kappa shape index (κ2) is 8.20. The van der Waals surface area contributed by atoms with Gasteiger partial charge in [0.1, 0.15) is 16.7 Å². The van der Waals surface area contributed by atoms with Crippen LogP contribution in [-0.4, -0.2) is 24.5 Å². The lowest BCUT2D eigenvalue weighted by Gasteiger charge is -2.13. The van der Waals surface area contributed by atoms with Crippen molar-refractivity contribution >= 4 is 39.4 Å². The maximum Gasteiger partial charge on any atom is 0.433 e. The Hall–Kier alpha value is -4.13. The van der Waals surface area contributed by atoms with Gasteiger partial charge in [0.2, 0.25) is 0 Å². The SMILES string of the molecule is Cn1c(=O)[nH]c2c3cc(-c4cnc(N)c(C(F)(F)F)c4)ccc3nc(-c3ccc(C(F)(F)F)nc3Cl)c21. The molecular weight excluding hydrogens is 526 g/mol. The molecule has 0 aliphatic carbocycles. The summed E-state index contributed by atoms with van der Waals surface area (Å²) in [4.78, 5) is 26.8. The number of halogens is 7. The van der Waals surface area contributed by atoms with E-state index in [1.54, 1.807) is 0 Å². The number of benzene rings is 1. The molecule has 5 aromatic rings. The van der Waals surface area contributed by atoms with Crippen molar-refractivity contribution in [2.45, 2.75) is 12.4 Å². The number of imidazole rings is 1. The molecule has 14 heteroatoms. The third-order valence-electron chi connectivity index (χ3n) is 5.78. The first-order valence-corrected chi connectivity index (χ1v) is 10.7. The summed E-state index contributed by atoms with van der Waals surface area (Å²) in [7, 11) is 1.42. The van der Waals surface area contributed by atoms with Crippen molar-refractivity contribution < 1.29 is 26.3 Å². The van der Waals surface area contributed by atoms with Crippen molar-refractivity contribution in [1.82, 2.24) is 24.5 Å². The van der Waals surface area contributed by atoms with Crippen LogP contribution in [0.4, 0.5) is 32.2 Å². The molecule has 0 fully saturated rings. The lowest BCUT2D eigenvalue weighted by atomic mass is 10.0. The summed E-state index contributed by atoms with van der Waals surface area (Å²) < 4.78 is 80.4. The van der Waals surface area contributed by atoms with Gasteiger partial charge in [-0.1, -0.05) is 17.7 Å². The maximum atomic E-state index is 13.3. The first-order valence-electron chi connectivity index (χ1n) is 10.4. The molecule has 5 rings (SSSR count). The van der Waals surface area contributed by atoms with E-state index in [4.69, 9.17) is 17.3 Å². The molecule has 3 N–H and O–H groups in total. The number of nitrogens with one attached hydrogen (secondary N) is 1. The van der Waals surface area contributed by atoms with Crippen LogP contribution >= 0.6 is 11.6 Å². The molecule has 0 amide bonds. The molecule has 190 valence electrons. The van der Waals surface area contributed by atoms with Gasteiger partial charge in [-0.25, -0.2) is 19.7 Å². The summed E-state index contributed by atoms with van der Waals surface area (Å²) in [6.07, 6.45) is -8.24. The number of H-pyrrole nitrogens is 1. The summed E-state index contributed by atoms with van der Waals surface area (Å²) >= 11 is 6.09. The first kappa shape index (κ1) is 24.6. The van der Waals surface area contributed by atoms with Gasteiger partial charge >= 0.3 is 18.0 Å². The fourth-order valence-corrected chi connectivity index (χ4v) is 4.24.